The summed E-state index contributed by atoms with van der Waals surface area (Å²) in [4.78, 5) is 4.58. The third-order valence-corrected chi connectivity index (χ3v) is 3.09. The lowest BCUT2D eigenvalue weighted by Gasteiger charge is -2.36. The zero-order valence-electron chi connectivity index (χ0n) is 10.9. The van der Waals surface area contributed by atoms with Crippen molar-refractivity contribution in [3.63, 3.8) is 0 Å². The van der Waals surface area contributed by atoms with E-state index in [1.54, 1.807) is 0 Å². The summed E-state index contributed by atoms with van der Waals surface area (Å²) in [6.07, 6.45) is 5.58. The molecular formula is C14H25N2+. The van der Waals surface area contributed by atoms with Crippen molar-refractivity contribution in [1.82, 2.24) is 9.47 Å². The van der Waals surface area contributed by atoms with Crippen LogP contribution in [0.15, 0.2) is 24.4 Å². The summed E-state index contributed by atoms with van der Waals surface area (Å²) in [5, 5.41) is 0. The van der Waals surface area contributed by atoms with Crippen LogP contribution in [-0.2, 0) is 0 Å². The van der Waals surface area contributed by atoms with Gasteiger partial charge in [0.1, 0.15) is 0 Å². The summed E-state index contributed by atoms with van der Waals surface area (Å²) < 4.78 is 1.06. The first kappa shape index (κ1) is 13.2. The Balaban J connectivity index is 2.99. The Labute approximate surface area is 99.9 Å². The number of quaternary nitrogens is 1. The smallest absolute Gasteiger partial charge is 0.227 e. The van der Waals surface area contributed by atoms with Crippen LogP contribution in [0.5, 0.6) is 0 Å². The van der Waals surface area contributed by atoms with Crippen LogP contribution in [0.2, 0.25) is 0 Å². The summed E-state index contributed by atoms with van der Waals surface area (Å²) in [7, 11) is 0. The molecule has 0 saturated heterocycles. The average molecular weight is 221 g/mol. The van der Waals surface area contributed by atoms with E-state index in [0.29, 0.717) is 0 Å². The Hall–Kier alpha value is -0.890. The number of nitrogens with zero attached hydrogens (tertiary/aromatic N) is 2. The van der Waals surface area contributed by atoms with Crippen LogP contribution in [0.3, 0.4) is 0 Å². The predicted octanol–water partition coefficient (Wildman–Crippen LogP) is 3.62. The number of aromatic nitrogens is 1. The highest BCUT2D eigenvalue weighted by atomic mass is 15.4. The minimum absolute atomic E-state index is 1.06. The first-order chi connectivity index (χ1) is 7.79. The largest absolute Gasteiger partial charge is 0.275 e. The van der Waals surface area contributed by atoms with Crippen molar-refractivity contribution in [2.75, 3.05) is 19.6 Å². The zero-order chi connectivity index (χ0) is 11.9. The lowest BCUT2D eigenvalue weighted by atomic mass is 10.2. The van der Waals surface area contributed by atoms with Crippen LogP contribution in [0, 0.1) is 0 Å². The van der Waals surface area contributed by atoms with Crippen molar-refractivity contribution in [2.45, 2.75) is 40.0 Å². The third kappa shape index (κ3) is 3.05. The monoisotopic (exact) mass is 221 g/mol. The highest BCUT2D eigenvalue weighted by Crippen LogP contribution is 2.22. The van der Waals surface area contributed by atoms with Crippen molar-refractivity contribution >= 4 is 5.82 Å². The maximum Gasteiger partial charge on any atom is 0.227 e. The van der Waals surface area contributed by atoms with E-state index >= 15 is 0 Å². The van der Waals surface area contributed by atoms with Gasteiger partial charge in [0, 0.05) is 12.3 Å². The van der Waals surface area contributed by atoms with E-state index in [2.05, 4.69) is 37.9 Å². The molecule has 0 N–H and O–H groups in total. The Morgan fingerprint density at radius 3 is 1.88 bits per heavy atom. The summed E-state index contributed by atoms with van der Waals surface area (Å²) in [6, 6.07) is 6.29. The molecule has 0 saturated carbocycles. The van der Waals surface area contributed by atoms with Crippen molar-refractivity contribution in [3.05, 3.63) is 24.4 Å². The SMILES string of the molecule is CCC[N+](CCC)(CCC)c1ccccn1. The van der Waals surface area contributed by atoms with E-state index in [1.165, 1.54) is 44.7 Å². The molecule has 0 amide bonds. The molecule has 2 nitrogen and oxygen atoms in total. The first-order valence-electron chi connectivity index (χ1n) is 6.56. The molecule has 0 bridgehead atoms. The normalized spacial score (nSPS) is 11.7. The number of hydrogen-bond acceptors (Lipinski definition) is 1. The van der Waals surface area contributed by atoms with Gasteiger partial charge in [-0.2, -0.15) is 0 Å². The first-order valence-corrected chi connectivity index (χ1v) is 6.56. The van der Waals surface area contributed by atoms with E-state index in [1.807, 2.05) is 12.3 Å². The van der Waals surface area contributed by atoms with Crippen LogP contribution in [0.1, 0.15) is 40.0 Å². The van der Waals surface area contributed by atoms with Crippen LogP contribution < -0.4 is 4.48 Å². The molecule has 90 valence electrons. The highest BCUT2D eigenvalue weighted by Gasteiger charge is 2.28. The maximum absolute atomic E-state index is 4.58. The third-order valence-electron chi connectivity index (χ3n) is 3.09. The van der Waals surface area contributed by atoms with Crippen molar-refractivity contribution in [1.29, 1.82) is 0 Å². The lowest BCUT2D eigenvalue weighted by molar-refractivity contribution is 0.266. The van der Waals surface area contributed by atoms with E-state index in [-0.39, 0.29) is 0 Å². The second-order valence-electron chi connectivity index (χ2n) is 4.50. The molecule has 0 aliphatic heterocycles. The van der Waals surface area contributed by atoms with Crippen LogP contribution >= 0.6 is 0 Å². The van der Waals surface area contributed by atoms with Gasteiger partial charge in [-0.05, 0) is 25.3 Å². The fourth-order valence-electron chi connectivity index (χ4n) is 2.60. The van der Waals surface area contributed by atoms with Crippen molar-refractivity contribution in [3.8, 4) is 0 Å². The topological polar surface area (TPSA) is 12.9 Å². The summed E-state index contributed by atoms with van der Waals surface area (Å²) in [5.41, 5.74) is 0. The van der Waals surface area contributed by atoms with Gasteiger partial charge < -0.3 is 0 Å². The molecule has 0 aliphatic carbocycles. The molecular weight excluding hydrogens is 196 g/mol. The summed E-state index contributed by atoms with van der Waals surface area (Å²) in [6.45, 7) is 10.4. The van der Waals surface area contributed by atoms with E-state index in [0.717, 1.165) is 4.48 Å². The molecule has 0 aliphatic rings. The minimum atomic E-state index is 1.06. The molecule has 0 spiro atoms. The van der Waals surface area contributed by atoms with Gasteiger partial charge in [0.2, 0.25) is 5.82 Å². The van der Waals surface area contributed by atoms with E-state index in [9.17, 15) is 0 Å². The maximum atomic E-state index is 4.58. The van der Waals surface area contributed by atoms with Gasteiger partial charge in [-0.25, -0.2) is 4.98 Å². The summed E-state index contributed by atoms with van der Waals surface area (Å²) in [5.74, 6) is 1.24. The standard InChI is InChI=1S/C14H25N2/c1-4-11-16(12-5-2,13-6-3)14-9-7-8-10-15-14/h7-10H,4-6,11-13H2,1-3H3/q+1. The van der Waals surface area contributed by atoms with Crippen molar-refractivity contribution in [2.24, 2.45) is 0 Å². The van der Waals surface area contributed by atoms with Crippen LogP contribution in [-0.4, -0.2) is 24.6 Å². The van der Waals surface area contributed by atoms with Gasteiger partial charge >= 0.3 is 0 Å². The van der Waals surface area contributed by atoms with E-state index < -0.39 is 0 Å². The lowest BCUT2D eigenvalue weighted by Crippen LogP contribution is -2.51. The second kappa shape index (κ2) is 6.64. The second-order valence-corrected chi connectivity index (χ2v) is 4.50. The van der Waals surface area contributed by atoms with Gasteiger partial charge in [-0.3, -0.25) is 4.48 Å². The molecule has 1 aromatic rings. The van der Waals surface area contributed by atoms with Gasteiger partial charge in [-0.1, -0.05) is 26.8 Å². The van der Waals surface area contributed by atoms with Crippen LogP contribution in [0.4, 0.5) is 5.82 Å². The number of hydrogen-bond donors (Lipinski definition) is 0. The highest BCUT2D eigenvalue weighted by molar-refractivity contribution is 5.33. The van der Waals surface area contributed by atoms with Gasteiger partial charge in [0.25, 0.3) is 0 Å². The molecule has 0 atom stereocenters. The Bertz CT molecular complexity index is 265. The Morgan fingerprint density at radius 1 is 0.938 bits per heavy atom. The fourth-order valence-corrected chi connectivity index (χ4v) is 2.60. The quantitative estimate of drug-likeness (QED) is 0.641. The van der Waals surface area contributed by atoms with Crippen molar-refractivity contribution < 1.29 is 0 Å². The molecule has 0 aromatic carbocycles. The van der Waals surface area contributed by atoms with Gasteiger partial charge in [0.05, 0.1) is 19.6 Å². The minimum Gasteiger partial charge on any atom is -0.275 e. The van der Waals surface area contributed by atoms with E-state index in [4.69, 9.17) is 0 Å². The molecule has 0 fully saturated rings. The number of rotatable bonds is 7. The molecule has 1 heterocycles. The predicted molar refractivity (Wildman–Crippen MR) is 71.5 cm³/mol. The summed E-state index contributed by atoms with van der Waals surface area (Å²) >= 11 is 0. The zero-order valence-corrected chi connectivity index (χ0v) is 10.9. The molecule has 2 heteroatoms. The molecule has 0 unspecified atom stereocenters. The molecule has 1 aromatic heterocycles. The number of pyridine rings is 1. The molecule has 1 rings (SSSR count). The molecule has 16 heavy (non-hydrogen) atoms. The average Bonchev–Trinajstić information content (AvgIpc) is 2.31. The van der Waals surface area contributed by atoms with Gasteiger partial charge in [-0.15, -0.1) is 0 Å². The van der Waals surface area contributed by atoms with Gasteiger partial charge in [0.15, 0.2) is 0 Å². The molecule has 0 radical (unpaired) electrons. The Kier molecular flexibility index (Phi) is 5.47. The Morgan fingerprint density at radius 2 is 1.50 bits per heavy atom. The fraction of sp³-hybridized carbons (Fsp3) is 0.643. The van der Waals surface area contributed by atoms with Crippen LogP contribution in [0.25, 0.3) is 0 Å².